The SMILES string of the molecule is O=C(Cc1ccc(Cl)c(Cl)c1)c1cc2c(s1)CCCC2. The summed E-state index contributed by atoms with van der Waals surface area (Å²) < 4.78 is 0. The Kier molecular flexibility index (Phi) is 4.16. The Morgan fingerprint density at radius 1 is 1.10 bits per heavy atom. The van der Waals surface area contributed by atoms with E-state index in [1.165, 1.54) is 23.3 Å². The van der Waals surface area contributed by atoms with Gasteiger partial charge in [-0.15, -0.1) is 11.3 Å². The first kappa shape index (κ1) is 14.1. The quantitative estimate of drug-likeness (QED) is 0.694. The molecule has 1 aromatic heterocycles. The minimum absolute atomic E-state index is 0.169. The van der Waals surface area contributed by atoms with E-state index in [-0.39, 0.29) is 5.78 Å². The lowest BCUT2D eigenvalue weighted by Crippen LogP contribution is -2.01. The third-order valence-electron chi connectivity index (χ3n) is 3.62. The maximum Gasteiger partial charge on any atom is 0.177 e. The van der Waals surface area contributed by atoms with Crippen LogP contribution in [-0.4, -0.2) is 5.78 Å². The fraction of sp³-hybridized carbons (Fsp3) is 0.312. The van der Waals surface area contributed by atoms with Crippen molar-refractivity contribution in [2.24, 2.45) is 0 Å². The Bertz CT molecular complexity index is 637. The Hall–Kier alpha value is -0.830. The van der Waals surface area contributed by atoms with Gasteiger partial charge in [0.05, 0.1) is 14.9 Å². The van der Waals surface area contributed by atoms with Crippen molar-refractivity contribution in [3.05, 3.63) is 55.2 Å². The molecule has 3 rings (SSSR count). The van der Waals surface area contributed by atoms with Crippen LogP contribution in [0.4, 0.5) is 0 Å². The molecule has 1 aromatic carbocycles. The highest BCUT2D eigenvalue weighted by Crippen LogP contribution is 2.30. The van der Waals surface area contributed by atoms with E-state index >= 15 is 0 Å². The lowest BCUT2D eigenvalue weighted by atomic mass is 9.98. The zero-order valence-electron chi connectivity index (χ0n) is 10.9. The number of carbonyl (C=O) groups is 1. The number of rotatable bonds is 3. The zero-order valence-corrected chi connectivity index (χ0v) is 13.2. The van der Waals surface area contributed by atoms with Gasteiger partial charge in [0.15, 0.2) is 5.78 Å². The Morgan fingerprint density at radius 2 is 1.90 bits per heavy atom. The first-order valence-electron chi connectivity index (χ1n) is 6.72. The number of hydrogen-bond acceptors (Lipinski definition) is 2. The smallest absolute Gasteiger partial charge is 0.177 e. The van der Waals surface area contributed by atoms with E-state index in [0.717, 1.165) is 23.3 Å². The van der Waals surface area contributed by atoms with Gasteiger partial charge in [-0.05, 0) is 55.0 Å². The molecule has 0 amide bonds. The van der Waals surface area contributed by atoms with Gasteiger partial charge in [-0.1, -0.05) is 29.3 Å². The minimum atomic E-state index is 0.169. The van der Waals surface area contributed by atoms with Crippen molar-refractivity contribution in [2.75, 3.05) is 0 Å². The minimum Gasteiger partial charge on any atom is -0.293 e. The average molecular weight is 325 g/mol. The molecule has 20 heavy (non-hydrogen) atoms. The Labute approximate surface area is 132 Å². The average Bonchev–Trinajstić information content (AvgIpc) is 2.87. The van der Waals surface area contributed by atoms with Crippen LogP contribution in [0.1, 0.15) is 38.5 Å². The highest BCUT2D eigenvalue weighted by molar-refractivity contribution is 7.14. The maximum absolute atomic E-state index is 12.4. The molecule has 1 heterocycles. The van der Waals surface area contributed by atoms with Crippen LogP contribution in [0.5, 0.6) is 0 Å². The lowest BCUT2D eigenvalue weighted by Gasteiger charge is -2.08. The molecular formula is C16H14Cl2OS. The Morgan fingerprint density at radius 3 is 2.65 bits per heavy atom. The second kappa shape index (κ2) is 5.88. The van der Waals surface area contributed by atoms with Crippen molar-refractivity contribution >= 4 is 40.3 Å². The number of carbonyl (C=O) groups excluding carboxylic acids is 1. The molecule has 0 saturated carbocycles. The van der Waals surface area contributed by atoms with Crippen molar-refractivity contribution in [1.82, 2.24) is 0 Å². The van der Waals surface area contributed by atoms with Crippen molar-refractivity contribution < 1.29 is 4.79 Å². The number of halogens is 2. The molecule has 0 N–H and O–H groups in total. The van der Waals surface area contributed by atoms with E-state index in [1.54, 1.807) is 23.5 Å². The summed E-state index contributed by atoms with van der Waals surface area (Å²) in [6, 6.07) is 7.46. The summed E-state index contributed by atoms with van der Waals surface area (Å²) in [5.74, 6) is 0.169. The molecule has 2 aromatic rings. The number of aryl methyl sites for hydroxylation is 2. The highest BCUT2D eigenvalue weighted by atomic mass is 35.5. The Balaban J connectivity index is 1.78. The molecule has 1 nitrogen and oxygen atoms in total. The predicted octanol–water partition coefficient (Wildman–Crippen LogP) is 5.36. The molecule has 0 saturated heterocycles. The summed E-state index contributed by atoms with van der Waals surface area (Å²) in [6.45, 7) is 0. The molecule has 0 bridgehead atoms. The number of fused-ring (bicyclic) bond motifs is 1. The number of thiophene rings is 1. The van der Waals surface area contributed by atoms with Gasteiger partial charge in [0.1, 0.15) is 0 Å². The first-order valence-corrected chi connectivity index (χ1v) is 8.29. The van der Waals surface area contributed by atoms with E-state index in [0.29, 0.717) is 16.5 Å². The first-order chi connectivity index (χ1) is 9.63. The molecule has 0 aliphatic heterocycles. The largest absolute Gasteiger partial charge is 0.293 e. The van der Waals surface area contributed by atoms with E-state index in [2.05, 4.69) is 6.07 Å². The van der Waals surface area contributed by atoms with Crippen LogP contribution >= 0.6 is 34.5 Å². The fourth-order valence-corrected chi connectivity index (χ4v) is 4.06. The van der Waals surface area contributed by atoms with Gasteiger partial charge in [-0.3, -0.25) is 4.79 Å². The van der Waals surface area contributed by atoms with Crippen LogP contribution in [-0.2, 0) is 19.3 Å². The van der Waals surface area contributed by atoms with Crippen molar-refractivity contribution in [2.45, 2.75) is 32.1 Å². The third-order valence-corrected chi connectivity index (χ3v) is 5.64. The standard InChI is InChI=1S/C16H14Cl2OS/c17-12-6-5-10(7-13(12)18)8-14(19)16-9-11-3-1-2-4-15(11)20-16/h5-7,9H,1-4,8H2. The monoisotopic (exact) mass is 324 g/mol. The summed E-state index contributed by atoms with van der Waals surface area (Å²) in [7, 11) is 0. The van der Waals surface area contributed by atoms with Crippen LogP contribution in [0, 0.1) is 0 Å². The normalized spacial score (nSPS) is 14.1. The van der Waals surface area contributed by atoms with Gasteiger partial charge < -0.3 is 0 Å². The van der Waals surface area contributed by atoms with Crippen molar-refractivity contribution in [3.63, 3.8) is 0 Å². The lowest BCUT2D eigenvalue weighted by molar-refractivity contribution is 0.0997. The topological polar surface area (TPSA) is 17.1 Å². The van der Waals surface area contributed by atoms with E-state index < -0.39 is 0 Å². The summed E-state index contributed by atoms with van der Waals surface area (Å²) in [5.41, 5.74) is 2.29. The molecule has 1 aliphatic rings. The molecule has 0 radical (unpaired) electrons. The van der Waals surface area contributed by atoms with Gasteiger partial charge in [-0.25, -0.2) is 0 Å². The van der Waals surface area contributed by atoms with Gasteiger partial charge >= 0.3 is 0 Å². The number of benzene rings is 1. The summed E-state index contributed by atoms with van der Waals surface area (Å²) in [4.78, 5) is 14.6. The van der Waals surface area contributed by atoms with Crippen LogP contribution < -0.4 is 0 Å². The number of ketones is 1. The zero-order chi connectivity index (χ0) is 14.1. The predicted molar refractivity (Wildman–Crippen MR) is 85.5 cm³/mol. The maximum atomic E-state index is 12.4. The van der Waals surface area contributed by atoms with E-state index in [4.69, 9.17) is 23.2 Å². The fourth-order valence-electron chi connectivity index (χ4n) is 2.55. The van der Waals surface area contributed by atoms with Crippen molar-refractivity contribution in [3.8, 4) is 0 Å². The molecule has 0 atom stereocenters. The molecule has 1 aliphatic carbocycles. The van der Waals surface area contributed by atoms with Crippen LogP contribution in [0.2, 0.25) is 10.0 Å². The summed E-state index contributed by atoms with van der Waals surface area (Å²) >= 11 is 13.5. The summed E-state index contributed by atoms with van der Waals surface area (Å²) in [6.07, 6.45) is 5.11. The van der Waals surface area contributed by atoms with Gasteiger partial charge in [0.25, 0.3) is 0 Å². The van der Waals surface area contributed by atoms with E-state index in [1.807, 2.05) is 6.07 Å². The van der Waals surface area contributed by atoms with Crippen LogP contribution in [0.25, 0.3) is 0 Å². The number of hydrogen-bond donors (Lipinski definition) is 0. The highest BCUT2D eigenvalue weighted by Gasteiger charge is 2.17. The van der Waals surface area contributed by atoms with Crippen LogP contribution in [0.3, 0.4) is 0 Å². The molecule has 0 spiro atoms. The van der Waals surface area contributed by atoms with Gasteiger partial charge in [0.2, 0.25) is 0 Å². The molecular weight excluding hydrogens is 311 g/mol. The summed E-state index contributed by atoms with van der Waals surface area (Å²) in [5, 5.41) is 1.02. The number of Topliss-reactive ketones (excluding diaryl/α,β-unsaturated/α-hetero) is 1. The second-order valence-electron chi connectivity index (χ2n) is 5.11. The molecule has 104 valence electrons. The third kappa shape index (κ3) is 2.93. The van der Waals surface area contributed by atoms with Gasteiger partial charge in [-0.2, -0.15) is 0 Å². The van der Waals surface area contributed by atoms with Crippen molar-refractivity contribution in [1.29, 1.82) is 0 Å². The molecule has 4 heteroatoms. The second-order valence-corrected chi connectivity index (χ2v) is 7.07. The van der Waals surface area contributed by atoms with Gasteiger partial charge in [0, 0.05) is 11.3 Å². The van der Waals surface area contributed by atoms with E-state index in [9.17, 15) is 4.79 Å². The molecule has 0 fully saturated rings. The van der Waals surface area contributed by atoms with Crippen LogP contribution in [0.15, 0.2) is 24.3 Å². The molecule has 0 unspecified atom stereocenters.